The summed E-state index contributed by atoms with van der Waals surface area (Å²) >= 11 is 0. The van der Waals surface area contributed by atoms with Crippen LogP contribution in [0.4, 0.5) is 8.78 Å². The van der Waals surface area contributed by atoms with Crippen LogP contribution < -0.4 is 5.48 Å². The van der Waals surface area contributed by atoms with Crippen LogP contribution in [0.3, 0.4) is 0 Å². The van der Waals surface area contributed by atoms with Crippen molar-refractivity contribution in [2.24, 2.45) is 0 Å². The minimum absolute atomic E-state index is 0.168. The minimum atomic E-state index is -0.736. The number of halogens is 2. The standard InChI is InChI=1S/C18H13F2NO3/c19-15-3-1-2-14(11-15)17(22)8-7-13-6-4-12(10-16(13)20)5-9-18(23)21-24/h1-11,24H,(H,21,23). The molecule has 2 aromatic carbocycles. The molecule has 0 aromatic heterocycles. The number of amides is 1. The number of hydrogen-bond donors (Lipinski definition) is 2. The first-order valence-corrected chi connectivity index (χ1v) is 6.89. The van der Waals surface area contributed by atoms with Gasteiger partial charge in [-0.15, -0.1) is 0 Å². The van der Waals surface area contributed by atoms with E-state index in [1.54, 1.807) is 0 Å². The van der Waals surface area contributed by atoms with Gasteiger partial charge < -0.3 is 0 Å². The van der Waals surface area contributed by atoms with Crippen LogP contribution in [-0.2, 0) is 4.79 Å². The fourth-order valence-electron chi connectivity index (χ4n) is 1.89. The molecule has 2 rings (SSSR count). The van der Waals surface area contributed by atoms with E-state index in [4.69, 9.17) is 5.21 Å². The number of benzene rings is 2. The maximum absolute atomic E-state index is 14.0. The molecule has 0 aliphatic heterocycles. The number of carbonyl (C=O) groups excluding carboxylic acids is 2. The number of hydroxylamine groups is 1. The van der Waals surface area contributed by atoms with Crippen molar-refractivity contribution < 1.29 is 23.6 Å². The lowest BCUT2D eigenvalue weighted by Gasteiger charge is -2.00. The van der Waals surface area contributed by atoms with Gasteiger partial charge in [-0.3, -0.25) is 14.8 Å². The molecule has 122 valence electrons. The fourth-order valence-corrected chi connectivity index (χ4v) is 1.89. The largest absolute Gasteiger partial charge is 0.289 e. The summed E-state index contributed by atoms with van der Waals surface area (Å²) in [6.07, 6.45) is 4.80. The van der Waals surface area contributed by atoms with Gasteiger partial charge in [-0.1, -0.05) is 24.3 Å². The van der Waals surface area contributed by atoms with Crippen LogP contribution in [-0.4, -0.2) is 16.9 Å². The first-order chi connectivity index (χ1) is 11.5. The topological polar surface area (TPSA) is 66.4 Å². The number of rotatable bonds is 5. The van der Waals surface area contributed by atoms with Gasteiger partial charge in [0, 0.05) is 17.2 Å². The van der Waals surface area contributed by atoms with E-state index in [0.29, 0.717) is 5.56 Å². The van der Waals surface area contributed by atoms with Crippen molar-refractivity contribution in [3.05, 3.63) is 82.9 Å². The van der Waals surface area contributed by atoms with E-state index >= 15 is 0 Å². The molecule has 0 spiro atoms. The molecule has 0 aliphatic rings. The van der Waals surface area contributed by atoms with Crippen molar-refractivity contribution in [2.45, 2.75) is 0 Å². The van der Waals surface area contributed by atoms with Crippen molar-refractivity contribution in [1.82, 2.24) is 5.48 Å². The Kier molecular flexibility index (Phi) is 5.70. The zero-order chi connectivity index (χ0) is 17.5. The zero-order valence-corrected chi connectivity index (χ0v) is 12.4. The first-order valence-electron chi connectivity index (χ1n) is 6.89. The van der Waals surface area contributed by atoms with Crippen LogP contribution in [0.1, 0.15) is 21.5 Å². The highest BCUT2D eigenvalue weighted by atomic mass is 19.1. The third kappa shape index (κ3) is 4.69. The Hall–Kier alpha value is -3.12. The summed E-state index contributed by atoms with van der Waals surface area (Å²) in [7, 11) is 0. The van der Waals surface area contributed by atoms with Crippen LogP contribution in [0.25, 0.3) is 12.2 Å². The normalized spacial score (nSPS) is 11.1. The summed E-state index contributed by atoms with van der Waals surface area (Å²) in [6.45, 7) is 0. The van der Waals surface area contributed by atoms with Crippen LogP contribution in [0.15, 0.2) is 54.6 Å². The third-order valence-corrected chi connectivity index (χ3v) is 3.09. The van der Waals surface area contributed by atoms with Crippen LogP contribution in [0.5, 0.6) is 0 Å². The van der Waals surface area contributed by atoms with E-state index in [1.165, 1.54) is 54.0 Å². The average molecular weight is 329 g/mol. The molecular formula is C18H13F2NO3. The number of allylic oxidation sites excluding steroid dienone is 1. The highest BCUT2D eigenvalue weighted by Crippen LogP contribution is 2.14. The van der Waals surface area contributed by atoms with Crippen LogP contribution >= 0.6 is 0 Å². The Bertz CT molecular complexity index is 829. The van der Waals surface area contributed by atoms with Crippen LogP contribution in [0.2, 0.25) is 0 Å². The predicted octanol–water partition coefficient (Wildman–Crippen LogP) is 3.38. The number of hydrogen-bond acceptors (Lipinski definition) is 3. The van der Waals surface area contributed by atoms with Gasteiger partial charge >= 0.3 is 0 Å². The molecule has 2 aromatic rings. The highest BCUT2D eigenvalue weighted by molar-refractivity contribution is 6.06. The smallest absolute Gasteiger partial charge is 0.267 e. The molecular weight excluding hydrogens is 316 g/mol. The molecule has 0 unspecified atom stereocenters. The number of carbonyl (C=O) groups is 2. The van der Waals surface area contributed by atoms with Crippen molar-refractivity contribution in [2.75, 3.05) is 0 Å². The molecule has 0 bridgehead atoms. The lowest BCUT2D eigenvalue weighted by atomic mass is 10.1. The molecule has 6 heteroatoms. The van der Waals surface area contributed by atoms with Gasteiger partial charge in [-0.25, -0.2) is 14.3 Å². The third-order valence-electron chi connectivity index (χ3n) is 3.09. The second-order valence-electron chi connectivity index (χ2n) is 4.80. The summed E-state index contributed by atoms with van der Waals surface area (Å²) < 4.78 is 27.0. The van der Waals surface area contributed by atoms with Crippen LogP contribution in [0, 0.1) is 11.6 Å². The molecule has 0 atom stereocenters. The van der Waals surface area contributed by atoms with E-state index in [1.807, 2.05) is 0 Å². The van der Waals surface area contributed by atoms with Gasteiger partial charge in [0.05, 0.1) is 0 Å². The Morgan fingerprint density at radius 2 is 1.79 bits per heavy atom. The SMILES string of the molecule is O=C(C=Cc1ccc(C=CC(=O)c2cccc(F)c2)c(F)c1)NO. The summed E-state index contributed by atoms with van der Waals surface area (Å²) in [5.41, 5.74) is 2.16. The lowest BCUT2D eigenvalue weighted by molar-refractivity contribution is -0.124. The van der Waals surface area contributed by atoms with Gasteiger partial charge in [0.15, 0.2) is 5.78 Å². The average Bonchev–Trinajstić information content (AvgIpc) is 2.58. The van der Waals surface area contributed by atoms with Gasteiger partial charge in [0.25, 0.3) is 5.91 Å². The Labute approximate surface area is 136 Å². The summed E-state index contributed by atoms with van der Waals surface area (Å²) in [4.78, 5) is 22.8. The van der Waals surface area contributed by atoms with E-state index in [-0.39, 0.29) is 11.1 Å². The predicted molar refractivity (Wildman–Crippen MR) is 85.1 cm³/mol. The molecule has 1 amide bonds. The maximum atomic E-state index is 14.0. The molecule has 0 saturated heterocycles. The number of ketones is 1. The second-order valence-corrected chi connectivity index (χ2v) is 4.80. The lowest BCUT2D eigenvalue weighted by Crippen LogP contribution is -2.14. The number of nitrogens with one attached hydrogen (secondary N) is 1. The maximum Gasteiger partial charge on any atom is 0.267 e. The van der Waals surface area contributed by atoms with Gasteiger partial charge in [-0.05, 0) is 42.0 Å². The molecule has 0 heterocycles. The molecule has 0 aliphatic carbocycles. The molecule has 4 nitrogen and oxygen atoms in total. The Balaban J connectivity index is 2.14. The quantitative estimate of drug-likeness (QED) is 0.382. The summed E-state index contributed by atoms with van der Waals surface area (Å²) in [6, 6.07) is 9.35. The first kappa shape index (κ1) is 17.2. The van der Waals surface area contributed by atoms with Gasteiger partial charge in [0.1, 0.15) is 11.6 Å². The zero-order valence-electron chi connectivity index (χ0n) is 12.4. The van der Waals surface area contributed by atoms with Gasteiger partial charge in [-0.2, -0.15) is 0 Å². The molecule has 2 N–H and O–H groups in total. The van der Waals surface area contributed by atoms with E-state index in [2.05, 4.69) is 0 Å². The van der Waals surface area contributed by atoms with Crippen molar-refractivity contribution >= 4 is 23.8 Å². The summed E-state index contributed by atoms with van der Waals surface area (Å²) in [5.74, 6) is -2.30. The molecule has 0 fully saturated rings. The minimum Gasteiger partial charge on any atom is -0.289 e. The molecule has 24 heavy (non-hydrogen) atoms. The Morgan fingerprint density at radius 3 is 2.46 bits per heavy atom. The Morgan fingerprint density at radius 1 is 1.00 bits per heavy atom. The van der Waals surface area contributed by atoms with Gasteiger partial charge in [0.2, 0.25) is 0 Å². The van der Waals surface area contributed by atoms with E-state index in [9.17, 15) is 18.4 Å². The second kappa shape index (κ2) is 7.94. The molecule has 0 saturated carbocycles. The summed E-state index contributed by atoms with van der Waals surface area (Å²) in [5, 5.41) is 8.36. The van der Waals surface area contributed by atoms with Crippen molar-refractivity contribution in [1.29, 1.82) is 0 Å². The highest BCUT2D eigenvalue weighted by Gasteiger charge is 2.04. The van der Waals surface area contributed by atoms with Crippen molar-refractivity contribution in [3.8, 4) is 0 Å². The fraction of sp³-hybridized carbons (Fsp3) is 0. The molecule has 0 radical (unpaired) electrons. The monoisotopic (exact) mass is 329 g/mol. The van der Waals surface area contributed by atoms with Crippen molar-refractivity contribution in [3.63, 3.8) is 0 Å². The van der Waals surface area contributed by atoms with E-state index in [0.717, 1.165) is 18.2 Å². The van der Waals surface area contributed by atoms with E-state index < -0.39 is 23.3 Å².